The molecule has 0 aliphatic heterocycles. The Hall–Kier alpha value is -0.0900. The normalized spacial score (nSPS) is 13.0. The third-order valence-corrected chi connectivity index (χ3v) is 1.68. The molecule has 53 valence electrons. The number of alkyl halides is 1. The zero-order valence-corrected chi connectivity index (χ0v) is 7.61. The van der Waals surface area contributed by atoms with Gasteiger partial charge in [-0.25, -0.2) is 5.11 Å². The van der Waals surface area contributed by atoms with Crippen LogP contribution >= 0.6 is 22.6 Å². The maximum Gasteiger partial charge on any atom is 0.148 e. The molecule has 0 fully saturated rings. The van der Waals surface area contributed by atoms with Gasteiger partial charge in [-0.3, -0.25) is 0 Å². The number of benzene rings is 1. The molecule has 0 heterocycles. The summed E-state index contributed by atoms with van der Waals surface area (Å²) in [7, 11) is 0. The molecule has 0 N–H and O–H groups in total. The number of hydrogen-bond acceptors (Lipinski definition) is 0. The maximum absolute atomic E-state index is 10.7. The average Bonchev–Trinajstić information content (AvgIpc) is 1.88. The Morgan fingerprint density at radius 3 is 2.40 bits per heavy atom. The van der Waals surface area contributed by atoms with Crippen LogP contribution in [0, 0.1) is 0 Å². The van der Waals surface area contributed by atoms with Crippen LogP contribution in [0.1, 0.15) is 5.56 Å². The number of hydrogen-bond donors (Lipinski definition) is 0. The highest BCUT2D eigenvalue weighted by Gasteiger charge is 1.99. The van der Waals surface area contributed by atoms with Gasteiger partial charge in [-0.1, -0.05) is 30.3 Å². The average molecular weight is 247 g/mol. The van der Waals surface area contributed by atoms with Crippen LogP contribution in [-0.2, 0) is 11.5 Å². The molecule has 1 rings (SSSR count). The molecule has 1 unspecified atom stereocenters. The van der Waals surface area contributed by atoms with Gasteiger partial charge in [-0.2, -0.15) is 0 Å². The van der Waals surface area contributed by atoms with Crippen molar-refractivity contribution in [3.8, 4) is 0 Å². The van der Waals surface area contributed by atoms with E-state index in [0.29, 0.717) is 6.42 Å². The quantitative estimate of drug-likeness (QED) is 0.565. The monoisotopic (exact) mass is 247 g/mol. The summed E-state index contributed by atoms with van der Waals surface area (Å²) >= 11 is 1.89. The van der Waals surface area contributed by atoms with Gasteiger partial charge in [0.05, 0.1) is 0 Å². The SMILES string of the molecule is [O]C(I)Cc1ccccc1. The van der Waals surface area contributed by atoms with Crippen molar-refractivity contribution in [3.63, 3.8) is 0 Å². The van der Waals surface area contributed by atoms with Gasteiger partial charge in [0.15, 0.2) is 0 Å². The van der Waals surface area contributed by atoms with Gasteiger partial charge in [-0.05, 0) is 28.2 Å². The molecule has 0 saturated heterocycles. The van der Waals surface area contributed by atoms with E-state index in [1.807, 2.05) is 52.9 Å². The minimum Gasteiger partial charge on any atom is -0.221 e. The number of halogens is 1. The third-order valence-electron chi connectivity index (χ3n) is 1.24. The van der Waals surface area contributed by atoms with Crippen molar-refractivity contribution in [1.82, 2.24) is 0 Å². The molecule has 0 aromatic heterocycles. The molecular weight excluding hydrogens is 239 g/mol. The Morgan fingerprint density at radius 2 is 1.90 bits per heavy atom. The molecule has 10 heavy (non-hydrogen) atoms. The first-order valence-corrected chi connectivity index (χ1v) is 4.37. The van der Waals surface area contributed by atoms with Crippen LogP contribution in [0.5, 0.6) is 0 Å². The second-order valence-electron chi connectivity index (χ2n) is 2.10. The molecule has 0 amide bonds. The van der Waals surface area contributed by atoms with E-state index in [9.17, 15) is 5.11 Å². The summed E-state index contributed by atoms with van der Waals surface area (Å²) in [6.45, 7) is 0. The Labute approximate surface area is 74.2 Å². The van der Waals surface area contributed by atoms with Crippen LogP contribution in [0.25, 0.3) is 0 Å². The minimum atomic E-state index is -0.514. The highest BCUT2D eigenvalue weighted by molar-refractivity contribution is 14.1. The lowest BCUT2D eigenvalue weighted by Gasteiger charge is -1.98. The molecule has 1 radical (unpaired) electrons. The van der Waals surface area contributed by atoms with Crippen LogP contribution in [0.2, 0.25) is 0 Å². The van der Waals surface area contributed by atoms with Gasteiger partial charge in [0.25, 0.3) is 0 Å². The van der Waals surface area contributed by atoms with Crippen molar-refractivity contribution < 1.29 is 5.11 Å². The van der Waals surface area contributed by atoms with Crippen LogP contribution in [0.15, 0.2) is 30.3 Å². The lowest BCUT2D eigenvalue weighted by Crippen LogP contribution is -1.97. The summed E-state index contributed by atoms with van der Waals surface area (Å²) in [5.41, 5.74) is 1.12. The largest absolute Gasteiger partial charge is 0.221 e. The summed E-state index contributed by atoms with van der Waals surface area (Å²) in [5, 5.41) is 10.7. The second-order valence-corrected chi connectivity index (χ2v) is 3.49. The predicted molar refractivity (Wildman–Crippen MR) is 48.6 cm³/mol. The van der Waals surface area contributed by atoms with Crippen LogP contribution in [0.4, 0.5) is 0 Å². The van der Waals surface area contributed by atoms with Gasteiger partial charge in [0, 0.05) is 6.42 Å². The van der Waals surface area contributed by atoms with E-state index >= 15 is 0 Å². The lowest BCUT2D eigenvalue weighted by molar-refractivity contribution is 0.179. The van der Waals surface area contributed by atoms with Gasteiger partial charge >= 0.3 is 0 Å². The van der Waals surface area contributed by atoms with E-state index in [2.05, 4.69) is 0 Å². The predicted octanol–water partition coefficient (Wildman–Crippen LogP) is 2.42. The van der Waals surface area contributed by atoms with E-state index in [1.165, 1.54) is 0 Å². The molecule has 1 nitrogen and oxygen atoms in total. The number of rotatable bonds is 2. The zero-order valence-electron chi connectivity index (χ0n) is 5.46. The molecule has 0 aliphatic carbocycles. The zero-order chi connectivity index (χ0) is 7.40. The fraction of sp³-hybridized carbons (Fsp3) is 0.250. The Bertz CT molecular complexity index is 184. The first-order chi connectivity index (χ1) is 4.79. The molecule has 2 heteroatoms. The second kappa shape index (κ2) is 3.93. The van der Waals surface area contributed by atoms with Crippen molar-refractivity contribution in [2.75, 3.05) is 0 Å². The molecule has 0 spiro atoms. The van der Waals surface area contributed by atoms with Crippen LogP contribution in [0.3, 0.4) is 0 Å². The van der Waals surface area contributed by atoms with E-state index in [-0.39, 0.29) is 0 Å². The van der Waals surface area contributed by atoms with Gasteiger partial charge in [0.2, 0.25) is 0 Å². The summed E-state index contributed by atoms with van der Waals surface area (Å²) in [5.74, 6) is 0. The summed E-state index contributed by atoms with van der Waals surface area (Å²) in [6.07, 6.45) is 0.626. The highest BCUT2D eigenvalue weighted by atomic mass is 127. The fourth-order valence-corrected chi connectivity index (χ4v) is 1.31. The van der Waals surface area contributed by atoms with E-state index < -0.39 is 4.11 Å². The molecule has 0 saturated carbocycles. The van der Waals surface area contributed by atoms with Crippen LogP contribution < -0.4 is 0 Å². The summed E-state index contributed by atoms with van der Waals surface area (Å²) in [4.78, 5) is 0. The molecule has 1 atom stereocenters. The van der Waals surface area contributed by atoms with Crippen molar-refractivity contribution in [2.24, 2.45) is 0 Å². The van der Waals surface area contributed by atoms with Crippen LogP contribution in [-0.4, -0.2) is 4.11 Å². The van der Waals surface area contributed by atoms with E-state index in [1.54, 1.807) is 0 Å². The molecular formula is C8H8IO. The van der Waals surface area contributed by atoms with Gasteiger partial charge in [0.1, 0.15) is 4.11 Å². The topological polar surface area (TPSA) is 19.9 Å². The Morgan fingerprint density at radius 1 is 1.30 bits per heavy atom. The lowest BCUT2D eigenvalue weighted by atomic mass is 10.2. The fourth-order valence-electron chi connectivity index (χ4n) is 0.799. The molecule has 1 aromatic rings. The Balaban J connectivity index is 2.59. The molecule has 0 aliphatic rings. The summed E-state index contributed by atoms with van der Waals surface area (Å²) < 4.78 is -0.514. The van der Waals surface area contributed by atoms with E-state index in [4.69, 9.17) is 0 Å². The summed E-state index contributed by atoms with van der Waals surface area (Å²) in [6, 6.07) is 9.81. The third kappa shape index (κ3) is 2.66. The van der Waals surface area contributed by atoms with Crippen molar-refractivity contribution >= 4 is 22.6 Å². The van der Waals surface area contributed by atoms with Crippen molar-refractivity contribution in [2.45, 2.75) is 10.5 Å². The van der Waals surface area contributed by atoms with Crippen molar-refractivity contribution in [1.29, 1.82) is 0 Å². The Kier molecular flexibility index (Phi) is 3.15. The van der Waals surface area contributed by atoms with Crippen molar-refractivity contribution in [3.05, 3.63) is 35.9 Å². The van der Waals surface area contributed by atoms with Gasteiger partial charge in [-0.15, -0.1) is 0 Å². The standard InChI is InChI=1S/C8H8IO/c9-8(10)6-7-4-2-1-3-5-7/h1-5,8H,6H2. The van der Waals surface area contributed by atoms with Gasteiger partial charge < -0.3 is 0 Å². The first kappa shape index (κ1) is 8.01. The smallest absolute Gasteiger partial charge is 0.148 e. The molecule has 1 aromatic carbocycles. The highest BCUT2D eigenvalue weighted by Crippen LogP contribution is 2.07. The van der Waals surface area contributed by atoms with E-state index in [0.717, 1.165) is 5.56 Å². The first-order valence-electron chi connectivity index (χ1n) is 3.13. The maximum atomic E-state index is 10.7. The molecule has 0 bridgehead atoms. The minimum absolute atomic E-state index is 0.514.